The highest BCUT2D eigenvalue weighted by Gasteiger charge is 2.40. The van der Waals surface area contributed by atoms with Gasteiger partial charge in [-0.25, -0.2) is 0 Å². The minimum atomic E-state index is -1.66. The van der Waals surface area contributed by atoms with Gasteiger partial charge in [-0.2, -0.15) is 0 Å². The van der Waals surface area contributed by atoms with Crippen LogP contribution in [0.25, 0.3) is 0 Å². The molecule has 1 saturated heterocycles. The molecule has 3 heteroatoms. The zero-order valence-electron chi connectivity index (χ0n) is 18.9. The summed E-state index contributed by atoms with van der Waals surface area (Å²) in [5.74, 6) is 0. The lowest BCUT2D eigenvalue weighted by atomic mass is 10.0. The van der Waals surface area contributed by atoms with Crippen LogP contribution in [0, 0.1) is 0 Å². The second-order valence-electron chi connectivity index (χ2n) is 10.0. The van der Waals surface area contributed by atoms with Gasteiger partial charge in [0.05, 0.1) is 12.7 Å². The molecule has 0 aromatic heterocycles. The van der Waals surface area contributed by atoms with Crippen LogP contribution in [0.1, 0.15) is 111 Å². The number of epoxide rings is 1. The monoisotopic (exact) mass is 384 g/mol. The minimum Gasteiger partial charge on any atom is -0.414 e. The van der Waals surface area contributed by atoms with Crippen LogP contribution in [0.4, 0.5) is 0 Å². The van der Waals surface area contributed by atoms with Crippen molar-refractivity contribution >= 4 is 8.32 Å². The molecular weight excluding hydrogens is 336 g/mol. The molecule has 2 atom stereocenters. The molecule has 0 aromatic rings. The standard InChI is InChI=1S/C23H48O2Si/c1-7-8-9-10-11-12-13-14-15-16-17-18-21(19-22-20-24-22)25-26(5,6)23(2,3)4/h21-22H,7-20H2,1-6H3/t21-,22?/m1/s1. The summed E-state index contributed by atoms with van der Waals surface area (Å²) in [6.45, 7) is 15.0. The molecule has 0 aliphatic carbocycles. The van der Waals surface area contributed by atoms with Gasteiger partial charge in [-0.05, 0) is 24.6 Å². The highest BCUT2D eigenvalue weighted by Crippen LogP contribution is 2.38. The number of ether oxygens (including phenoxy) is 1. The van der Waals surface area contributed by atoms with E-state index in [1.807, 2.05) is 0 Å². The average molecular weight is 385 g/mol. The van der Waals surface area contributed by atoms with Gasteiger partial charge >= 0.3 is 0 Å². The van der Waals surface area contributed by atoms with Gasteiger partial charge in [-0.15, -0.1) is 0 Å². The molecule has 1 fully saturated rings. The van der Waals surface area contributed by atoms with Crippen molar-refractivity contribution in [3.63, 3.8) is 0 Å². The lowest BCUT2D eigenvalue weighted by Gasteiger charge is -2.39. The molecule has 1 rings (SSSR count). The van der Waals surface area contributed by atoms with Crippen molar-refractivity contribution in [3.8, 4) is 0 Å². The fourth-order valence-corrected chi connectivity index (χ4v) is 4.75. The second-order valence-corrected chi connectivity index (χ2v) is 14.8. The summed E-state index contributed by atoms with van der Waals surface area (Å²) in [6.07, 6.45) is 18.8. The molecule has 1 unspecified atom stereocenters. The Labute approximate surface area is 165 Å². The first-order valence-electron chi connectivity index (χ1n) is 11.6. The Morgan fingerprint density at radius 2 is 1.35 bits per heavy atom. The first kappa shape index (κ1) is 24.2. The molecule has 0 saturated carbocycles. The van der Waals surface area contributed by atoms with Crippen molar-refractivity contribution in [2.75, 3.05) is 6.61 Å². The largest absolute Gasteiger partial charge is 0.414 e. The van der Waals surface area contributed by atoms with Crippen molar-refractivity contribution in [1.29, 1.82) is 0 Å². The Hall–Kier alpha value is 0.137. The Morgan fingerprint density at radius 3 is 1.77 bits per heavy atom. The lowest BCUT2D eigenvalue weighted by molar-refractivity contribution is 0.146. The van der Waals surface area contributed by atoms with E-state index in [0.717, 1.165) is 13.0 Å². The third-order valence-corrected chi connectivity index (χ3v) is 10.9. The number of unbranched alkanes of at least 4 members (excludes halogenated alkanes) is 10. The highest BCUT2D eigenvalue weighted by atomic mass is 28.4. The van der Waals surface area contributed by atoms with E-state index in [2.05, 4.69) is 40.8 Å². The second kappa shape index (κ2) is 12.6. The van der Waals surface area contributed by atoms with Gasteiger partial charge in [0.15, 0.2) is 8.32 Å². The summed E-state index contributed by atoms with van der Waals surface area (Å²) in [6, 6.07) is 0. The van der Waals surface area contributed by atoms with Crippen LogP contribution in [0.5, 0.6) is 0 Å². The third kappa shape index (κ3) is 11.1. The predicted molar refractivity (Wildman–Crippen MR) is 118 cm³/mol. The molecule has 1 heterocycles. The zero-order valence-corrected chi connectivity index (χ0v) is 19.9. The summed E-state index contributed by atoms with van der Waals surface area (Å²) in [7, 11) is -1.66. The van der Waals surface area contributed by atoms with Crippen molar-refractivity contribution in [1.82, 2.24) is 0 Å². The fourth-order valence-electron chi connectivity index (χ4n) is 3.35. The summed E-state index contributed by atoms with van der Waals surface area (Å²) in [4.78, 5) is 0. The van der Waals surface area contributed by atoms with E-state index in [0.29, 0.717) is 17.2 Å². The van der Waals surface area contributed by atoms with E-state index in [9.17, 15) is 0 Å². The van der Waals surface area contributed by atoms with Crippen LogP contribution in [-0.2, 0) is 9.16 Å². The molecule has 26 heavy (non-hydrogen) atoms. The van der Waals surface area contributed by atoms with Crippen molar-refractivity contribution < 1.29 is 9.16 Å². The molecule has 0 amide bonds. The first-order chi connectivity index (χ1) is 12.3. The quantitative estimate of drug-likeness (QED) is 0.153. The molecule has 2 nitrogen and oxygen atoms in total. The smallest absolute Gasteiger partial charge is 0.192 e. The van der Waals surface area contributed by atoms with Crippen LogP contribution in [-0.4, -0.2) is 27.1 Å². The third-order valence-electron chi connectivity index (χ3n) is 6.33. The Bertz CT molecular complexity index is 345. The van der Waals surface area contributed by atoms with Crippen LogP contribution in [0.3, 0.4) is 0 Å². The van der Waals surface area contributed by atoms with Gasteiger partial charge in [0.25, 0.3) is 0 Å². The Kier molecular flexibility index (Phi) is 11.7. The van der Waals surface area contributed by atoms with Crippen molar-refractivity contribution in [2.45, 2.75) is 142 Å². The van der Waals surface area contributed by atoms with Gasteiger partial charge in [0, 0.05) is 12.5 Å². The molecular formula is C23H48O2Si. The fraction of sp³-hybridized carbons (Fsp3) is 1.00. The van der Waals surface area contributed by atoms with E-state index in [4.69, 9.17) is 9.16 Å². The van der Waals surface area contributed by atoms with Crippen molar-refractivity contribution in [3.05, 3.63) is 0 Å². The van der Waals surface area contributed by atoms with Crippen LogP contribution in [0.2, 0.25) is 18.1 Å². The Morgan fingerprint density at radius 1 is 0.885 bits per heavy atom. The van der Waals surface area contributed by atoms with Gasteiger partial charge in [0.1, 0.15) is 0 Å². The van der Waals surface area contributed by atoms with Crippen LogP contribution < -0.4 is 0 Å². The SMILES string of the molecule is CCCCCCCCCCCCC[C@H](CC1CO1)O[Si](C)(C)C(C)(C)C. The summed E-state index contributed by atoms with van der Waals surface area (Å²) in [5, 5.41) is 0.298. The van der Waals surface area contributed by atoms with Crippen LogP contribution >= 0.6 is 0 Å². The molecule has 0 aromatic carbocycles. The molecule has 0 spiro atoms. The molecule has 156 valence electrons. The van der Waals surface area contributed by atoms with Gasteiger partial charge in [-0.1, -0.05) is 98.3 Å². The van der Waals surface area contributed by atoms with Crippen LogP contribution in [0.15, 0.2) is 0 Å². The van der Waals surface area contributed by atoms with E-state index in [1.54, 1.807) is 0 Å². The summed E-state index contributed by atoms with van der Waals surface area (Å²) >= 11 is 0. The molecule has 0 bridgehead atoms. The average Bonchev–Trinajstić information content (AvgIpc) is 3.35. The molecule has 1 aliphatic heterocycles. The minimum absolute atomic E-state index is 0.298. The zero-order chi connectivity index (χ0) is 19.5. The lowest BCUT2D eigenvalue weighted by Crippen LogP contribution is -2.44. The maximum Gasteiger partial charge on any atom is 0.192 e. The van der Waals surface area contributed by atoms with E-state index >= 15 is 0 Å². The Balaban J connectivity index is 2.11. The van der Waals surface area contributed by atoms with E-state index in [1.165, 1.54) is 77.0 Å². The van der Waals surface area contributed by atoms with Gasteiger partial charge < -0.3 is 9.16 Å². The van der Waals surface area contributed by atoms with Crippen molar-refractivity contribution in [2.24, 2.45) is 0 Å². The van der Waals surface area contributed by atoms with Gasteiger partial charge in [0.2, 0.25) is 0 Å². The predicted octanol–water partition coefficient (Wildman–Crippen LogP) is 7.87. The molecule has 0 radical (unpaired) electrons. The van der Waals surface area contributed by atoms with E-state index < -0.39 is 8.32 Å². The topological polar surface area (TPSA) is 21.8 Å². The maximum atomic E-state index is 6.70. The molecule has 1 aliphatic rings. The molecule has 0 N–H and O–H groups in total. The number of hydrogen-bond acceptors (Lipinski definition) is 2. The first-order valence-corrected chi connectivity index (χ1v) is 14.5. The van der Waals surface area contributed by atoms with E-state index in [-0.39, 0.29) is 0 Å². The summed E-state index contributed by atoms with van der Waals surface area (Å²) in [5.41, 5.74) is 0. The number of rotatable bonds is 16. The normalized spacial score (nSPS) is 18.9. The number of hydrogen-bond donors (Lipinski definition) is 0. The van der Waals surface area contributed by atoms with Gasteiger partial charge in [-0.3, -0.25) is 0 Å². The highest BCUT2D eigenvalue weighted by molar-refractivity contribution is 6.74. The summed E-state index contributed by atoms with van der Waals surface area (Å²) < 4.78 is 12.2. The maximum absolute atomic E-state index is 6.70.